The number of ether oxygens (including phenoxy) is 2. The SMILES string of the molecule is COCCOc1ccccc1C(=O)Nc1ccc(N)cc1C. The molecule has 0 unspecified atom stereocenters. The van der Waals surface area contributed by atoms with Crippen LogP contribution in [0.5, 0.6) is 5.75 Å². The second kappa shape index (κ2) is 7.47. The highest BCUT2D eigenvalue weighted by atomic mass is 16.5. The van der Waals surface area contributed by atoms with E-state index in [0.29, 0.717) is 30.2 Å². The Balaban J connectivity index is 2.15. The maximum Gasteiger partial charge on any atom is 0.259 e. The van der Waals surface area contributed by atoms with E-state index in [1.54, 1.807) is 37.4 Å². The molecule has 0 aliphatic rings. The number of hydrogen-bond donors (Lipinski definition) is 2. The zero-order chi connectivity index (χ0) is 15.9. The number of anilines is 2. The molecule has 0 bridgehead atoms. The van der Waals surface area contributed by atoms with Crippen molar-refractivity contribution in [1.29, 1.82) is 0 Å². The predicted molar refractivity (Wildman–Crippen MR) is 87.4 cm³/mol. The molecule has 0 aliphatic carbocycles. The van der Waals surface area contributed by atoms with E-state index in [4.69, 9.17) is 15.2 Å². The van der Waals surface area contributed by atoms with Gasteiger partial charge in [-0.15, -0.1) is 0 Å². The summed E-state index contributed by atoms with van der Waals surface area (Å²) in [5.74, 6) is 0.311. The first-order valence-corrected chi connectivity index (χ1v) is 7.00. The average Bonchev–Trinajstić information content (AvgIpc) is 2.51. The number of benzene rings is 2. The molecule has 0 saturated carbocycles. The number of amides is 1. The van der Waals surface area contributed by atoms with Crippen LogP contribution in [-0.4, -0.2) is 26.2 Å². The van der Waals surface area contributed by atoms with E-state index >= 15 is 0 Å². The molecule has 1 amide bonds. The highest BCUT2D eigenvalue weighted by Gasteiger charge is 2.13. The van der Waals surface area contributed by atoms with Crippen molar-refractivity contribution in [2.75, 3.05) is 31.4 Å². The van der Waals surface area contributed by atoms with Gasteiger partial charge in [-0.05, 0) is 42.8 Å². The van der Waals surface area contributed by atoms with Gasteiger partial charge in [0, 0.05) is 18.5 Å². The third-order valence-corrected chi connectivity index (χ3v) is 3.18. The van der Waals surface area contributed by atoms with Gasteiger partial charge in [-0.1, -0.05) is 12.1 Å². The molecule has 0 spiro atoms. The van der Waals surface area contributed by atoms with Crippen LogP contribution in [-0.2, 0) is 4.74 Å². The Hall–Kier alpha value is -2.53. The number of nitrogen functional groups attached to an aromatic ring is 1. The molecular weight excluding hydrogens is 280 g/mol. The summed E-state index contributed by atoms with van der Waals surface area (Å²) in [6.07, 6.45) is 0. The number of nitrogens with one attached hydrogen (secondary N) is 1. The van der Waals surface area contributed by atoms with Gasteiger partial charge >= 0.3 is 0 Å². The molecule has 0 aliphatic heterocycles. The first-order valence-electron chi connectivity index (χ1n) is 7.00. The highest BCUT2D eigenvalue weighted by molar-refractivity contribution is 6.06. The summed E-state index contributed by atoms with van der Waals surface area (Å²) in [5.41, 5.74) is 8.50. The van der Waals surface area contributed by atoms with Gasteiger partial charge in [0.15, 0.2) is 0 Å². The molecule has 2 aromatic rings. The number of rotatable bonds is 6. The lowest BCUT2D eigenvalue weighted by Gasteiger charge is -2.13. The smallest absolute Gasteiger partial charge is 0.259 e. The van der Waals surface area contributed by atoms with Crippen molar-refractivity contribution in [2.45, 2.75) is 6.92 Å². The van der Waals surface area contributed by atoms with Gasteiger partial charge in [-0.3, -0.25) is 4.79 Å². The molecule has 0 aromatic heterocycles. The number of carbonyl (C=O) groups excluding carboxylic acids is 1. The molecular formula is C17H20N2O3. The molecule has 5 nitrogen and oxygen atoms in total. The Bertz CT molecular complexity index is 656. The fraction of sp³-hybridized carbons (Fsp3) is 0.235. The van der Waals surface area contributed by atoms with Gasteiger partial charge in [0.25, 0.3) is 5.91 Å². The van der Waals surface area contributed by atoms with Crippen molar-refractivity contribution in [3.8, 4) is 5.75 Å². The molecule has 0 fully saturated rings. The Morgan fingerprint density at radius 2 is 1.95 bits per heavy atom. The van der Waals surface area contributed by atoms with Crippen LogP contribution < -0.4 is 15.8 Å². The van der Waals surface area contributed by atoms with Crippen LogP contribution in [0.2, 0.25) is 0 Å². The molecule has 2 rings (SSSR count). The molecule has 2 aromatic carbocycles. The van der Waals surface area contributed by atoms with Crippen LogP contribution in [0.25, 0.3) is 0 Å². The Labute approximate surface area is 130 Å². The van der Waals surface area contributed by atoms with Crippen molar-refractivity contribution in [3.05, 3.63) is 53.6 Å². The number of hydrogen-bond acceptors (Lipinski definition) is 4. The van der Waals surface area contributed by atoms with Crippen molar-refractivity contribution >= 4 is 17.3 Å². The monoisotopic (exact) mass is 300 g/mol. The van der Waals surface area contributed by atoms with E-state index < -0.39 is 0 Å². The lowest BCUT2D eigenvalue weighted by atomic mass is 10.1. The van der Waals surface area contributed by atoms with Gasteiger partial charge in [0.05, 0.1) is 12.2 Å². The van der Waals surface area contributed by atoms with Gasteiger partial charge in [0.2, 0.25) is 0 Å². The van der Waals surface area contributed by atoms with Crippen LogP contribution in [0.3, 0.4) is 0 Å². The molecule has 3 N–H and O–H groups in total. The summed E-state index contributed by atoms with van der Waals surface area (Å²) in [4.78, 5) is 12.5. The van der Waals surface area contributed by atoms with E-state index in [-0.39, 0.29) is 5.91 Å². The van der Waals surface area contributed by atoms with Gasteiger partial charge < -0.3 is 20.5 Å². The third-order valence-electron chi connectivity index (χ3n) is 3.18. The fourth-order valence-electron chi connectivity index (χ4n) is 2.03. The highest BCUT2D eigenvalue weighted by Crippen LogP contribution is 2.22. The summed E-state index contributed by atoms with van der Waals surface area (Å²) < 4.78 is 10.5. The first-order chi connectivity index (χ1) is 10.6. The number of aryl methyl sites for hydroxylation is 1. The largest absolute Gasteiger partial charge is 0.490 e. The number of para-hydroxylation sites is 1. The lowest BCUT2D eigenvalue weighted by molar-refractivity contribution is 0.101. The lowest BCUT2D eigenvalue weighted by Crippen LogP contribution is -2.15. The van der Waals surface area contributed by atoms with Crippen molar-refractivity contribution in [1.82, 2.24) is 0 Å². The summed E-state index contributed by atoms with van der Waals surface area (Å²) >= 11 is 0. The van der Waals surface area contributed by atoms with E-state index in [9.17, 15) is 4.79 Å². The van der Waals surface area contributed by atoms with Crippen LogP contribution in [0.1, 0.15) is 15.9 Å². The maximum absolute atomic E-state index is 12.5. The molecule has 5 heteroatoms. The summed E-state index contributed by atoms with van der Waals surface area (Å²) in [6.45, 7) is 2.75. The van der Waals surface area contributed by atoms with Crippen LogP contribution in [0.15, 0.2) is 42.5 Å². The van der Waals surface area contributed by atoms with Crippen LogP contribution >= 0.6 is 0 Å². The minimum Gasteiger partial charge on any atom is -0.490 e. The van der Waals surface area contributed by atoms with Crippen molar-refractivity contribution < 1.29 is 14.3 Å². The minimum absolute atomic E-state index is 0.221. The second-order valence-electron chi connectivity index (χ2n) is 4.87. The number of carbonyl (C=O) groups is 1. The summed E-state index contributed by atoms with van der Waals surface area (Å²) in [6, 6.07) is 12.5. The second-order valence-corrected chi connectivity index (χ2v) is 4.87. The zero-order valence-corrected chi connectivity index (χ0v) is 12.8. The summed E-state index contributed by atoms with van der Waals surface area (Å²) in [7, 11) is 1.60. The van der Waals surface area contributed by atoms with Crippen LogP contribution in [0.4, 0.5) is 11.4 Å². The minimum atomic E-state index is -0.221. The first kappa shape index (κ1) is 15.9. The Morgan fingerprint density at radius 3 is 2.68 bits per heavy atom. The number of methoxy groups -OCH3 is 1. The standard InChI is InChI=1S/C17H20N2O3/c1-12-11-13(18)7-8-15(12)19-17(20)14-5-3-4-6-16(14)22-10-9-21-2/h3-8,11H,9-10,18H2,1-2H3,(H,19,20). The Morgan fingerprint density at radius 1 is 1.18 bits per heavy atom. The van der Waals surface area contributed by atoms with Gasteiger partial charge in [-0.25, -0.2) is 0 Å². The molecule has 0 saturated heterocycles. The van der Waals surface area contributed by atoms with Gasteiger partial charge in [-0.2, -0.15) is 0 Å². The molecule has 0 radical (unpaired) electrons. The topological polar surface area (TPSA) is 73.6 Å². The summed E-state index contributed by atoms with van der Waals surface area (Å²) in [5, 5.41) is 2.88. The molecule has 116 valence electrons. The quantitative estimate of drug-likeness (QED) is 0.635. The van der Waals surface area contributed by atoms with Crippen molar-refractivity contribution in [3.63, 3.8) is 0 Å². The van der Waals surface area contributed by atoms with Gasteiger partial charge in [0.1, 0.15) is 12.4 Å². The molecule has 0 atom stereocenters. The Kier molecular flexibility index (Phi) is 5.38. The van der Waals surface area contributed by atoms with E-state index in [0.717, 1.165) is 11.3 Å². The predicted octanol–water partition coefficient (Wildman–Crippen LogP) is 2.85. The fourth-order valence-corrected chi connectivity index (χ4v) is 2.03. The maximum atomic E-state index is 12.5. The van der Waals surface area contributed by atoms with E-state index in [1.807, 2.05) is 19.1 Å². The van der Waals surface area contributed by atoms with E-state index in [1.165, 1.54) is 0 Å². The van der Waals surface area contributed by atoms with Crippen molar-refractivity contribution in [2.24, 2.45) is 0 Å². The normalized spacial score (nSPS) is 10.3. The average molecular weight is 300 g/mol. The molecule has 22 heavy (non-hydrogen) atoms. The van der Waals surface area contributed by atoms with Crippen LogP contribution in [0, 0.1) is 6.92 Å². The number of nitrogens with two attached hydrogens (primary N) is 1. The van der Waals surface area contributed by atoms with E-state index in [2.05, 4.69) is 5.32 Å². The third kappa shape index (κ3) is 3.99. The molecule has 0 heterocycles. The zero-order valence-electron chi connectivity index (χ0n) is 12.8.